The Labute approximate surface area is 191 Å². The molecule has 0 radical (unpaired) electrons. The minimum Gasteiger partial charge on any atom is -0.480 e. The number of para-hydroxylation sites is 1. The summed E-state index contributed by atoms with van der Waals surface area (Å²) in [5, 5.41) is 2.66. The molecule has 1 aliphatic rings. The lowest BCUT2D eigenvalue weighted by Gasteiger charge is -2.14. The minimum absolute atomic E-state index is 0.113. The Bertz CT molecular complexity index is 1230. The van der Waals surface area contributed by atoms with Crippen molar-refractivity contribution < 1.29 is 14.3 Å². The molecule has 0 unspecified atom stereocenters. The highest BCUT2D eigenvalue weighted by Crippen LogP contribution is 2.37. The largest absolute Gasteiger partial charge is 0.480 e. The number of benzene rings is 3. The third-order valence-electron chi connectivity index (χ3n) is 4.91. The van der Waals surface area contributed by atoms with E-state index < -0.39 is 0 Å². The standard InChI is InChI=1S/C26H22N2O3S/c1-3-16-31-23-14-13-19-9-7-8-12-21(19)22(23)18-24-25(29)28(15-17-30-2)26(32-24)27-20-10-5-4-6-11-20/h1,4-14,18H,15-17H2,2H3/b24-18-,27-26?. The summed E-state index contributed by atoms with van der Waals surface area (Å²) in [4.78, 5) is 20.2. The van der Waals surface area contributed by atoms with Crippen molar-refractivity contribution in [2.45, 2.75) is 0 Å². The topological polar surface area (TPSA) is 51.1 Å². The lowest BCUT2D eigenvalue weighted by Crippen LogP contribution is -2.32. The molecule has 4 rings (SSSR count). The molecule has 160 valence electrons. The van der Waals surface area contributed by atoms with Crippen molar-refractivity contribution in [2.24, 2.45) is 4.99 Å². The van der Waals surface area contributed by atoms with Gasteiger partial charge in [0.15, 0.2) is 5.17 Å². The van der Waals surface area contributed by atoms with E-state index in [-0.39, 0.29) is 12.5 Å². The molecule has 1 amide bonds. The average Bonchev–Trinajstić information content (AvgIpc) is 3.11. The molecule has 3 aromatic carbocycles. The molecule has 0 bridgehead atoms. The number of hydrogen-bond donors (Lipinski definition) is 0. The summed E-state index contributed by atoms with van der Waals surface area (Å²) in [5.74, 6) is 3.03. The third-order valence-corrected chi connectivity index (χ3v) is 5.91. The smallest absolute Gasteiger partial charge is 0.266 e. The molecular weight excluding hydrogens is 420 g/mol. The number of nitrogens with zero attached hydrogens (tertiary/aromatic N) is 2. The molecule has 32 heavy (non-hydrogen) atoms. The number of aliphatic imine (C=N–C) groups is 1. The van der Waals surface area contributed by atoms with Gasteiger partial charge < -0.3 is 9.47 Å². The lowest BCUT2D eigenvalue weighted by atomic mass is 10.0. The fourth-order valence-electron chi connectivity index (χ4n) is 3.38. The second kappa shape index (κ2) is 10.2. The number of fused-ring (bicyclic) bond motifs is 1. The van der Waals surface area contributed by atoms with Crippen LogP contribution in [-0.2, 0) is 9.53 Å². The first-order chi connectivity index (χ1) is 15.7. The van der Waals surface area contributed by atoms with Crippen molar-refractivity contribution in [3.63, 3.8) is 0 Å². The number of amidine groups is 1. The van der Waals surface area contributed by atoms with E-state index in [9.17, 15) is 4.79 Å². The van der Waals surface area contributed by atoms with E-state index in [1.54, 1.807) is 12.0 Å². The van der Waals surface area contributed by atoms with E-state index in [2.05, 4.69) is 5.92 Å². The summed E-state index contributed by atoms with van der Waals surface area (Å²) in [6.45, 7) is 0.982. The Morgan fingerprint density at radius 2 is 1.88 bits per heavy atom. The fourth-order valence-corrected chi connectivity index (χ4v) is 4.39. The molecule has 1 saturated heterocycles. The maximum absolute atomic E-state index is 13.3. The van der Waals surface area contributed by atoms with Crippen LogP contribution in [0, 0.1) is 12.3 Å². The number of carbonyl (C=O) groups excluding carboxylic acids is 1. The van der Waals surface area contributed by atoms with Gasteiger partial charge in [-0.15, -0.1) is 6.42 Å². The molecule has 5 nitrogen and oxygen atoms in total. The van der Waals surface area contributed by atoms with Crippen LogP contribution in [0.25, 0.3) is 16.8 Å². The lowest BCUT2D eigenvalue weighted by molar-refractivity contribution is -0.122. The van der Waals surface area contributed by atoms with E-state index >= 15 is 0 Å². The van der Waals surface area contributed by atoms with Crippen LogP contribution in [0.4, 0.5) is 5.69 Å². The molecule has 3 aromatic rings. The van der Waals surface area contributed by atoms with E-state index in [1.807, 2.05) is 72.8 Å². The summed E-state index contributed by atoms with van der Waals surface area (Å²) < 4.78 is 11.0. The van der Waals surface area contributed by atoms with Gasteiger partial charge in [-0.05, 0) is 46.8 Å². The average molecular weight is 443 g/mol. The van der Waals surface area contributed by atoms with Gasteiger partial charge in [0.2, 0.25) is 0 Å². The zero-order valence-corrected chi connectivity index (χ0v) is 18.5. The maximum Gasteiger partial charge on any atom is 0.266 e. The molecule has 1 fully saturated rings. The van der Waals surface area contributed by atoms with E-state index in [1.165, 1.54) is 11.8 Å². The predicted molar refractivity (Wildman–Crippen MR) is 131 cm³/mol. The van der Waals surface area contributed by atoms with Crippen molar-refractivity contribution in [1.29, 1.82) is 0 Å². The number of hydrogen-bond acceptors (Lipinski definition) is 5. The van der Waals surface area contributed by atoms with Crippen molar-refractivity contribution in [3.05, 3.63) is 77.2 Å². The zero-order chi connectivity index (χ0) is 22.3. The molecule has 0 aliphatic carbocycles. The van der Waals surface area contributed by atoms with Gasteiger partial charge in [-0.25, -0.2) is 4.99 Å². The van der Waals surface area contributed by atoms with Gasteiger partial charge in [0, 0.05) is 12.7 Å². The van der Waals surface area contributed by atoms with Crippen LogP contribution in [0.3, 0.4) is 0 Å². The van der Waals surface area contributed by atoms with Gasteiger partial charge in [0.1, 0.15) is 12.4 Å². The van der Waals surface area contributed by atoms with Crippen LogP contribution < -0.4 is 4.74 Å². The van der Waals surface area contributed by atoms with Crippen LogP contribution in [0.15, 0.2) is 76.6 Å². The molecule has 0 atom stereocenters. The van der Waals surface area contributed by atoms with Crippen LogP contribution in [0.1, 0.15) is 5.56 Å². The highest BCUT2D eigenvalue weighted by atomic mass is 32.2. The summed E-state index contributed by atoms with van der Waals surface area (Å²) in [6.07, 6.45) is 7.27. The number of methoxy groups -OCH3 is 1. The van der Waals surface area contributed by atoms with Gasteiger partial charge in [-0.2, -0.15) is 0 Å². The Morgan fingerprint density at radius 3 is 2.66 bits per heavy atom. The molecule has 1 aliphatic heterocycles. The summed E-state index contributed by atoms with van der Waals surface area (Å²) >= 11 is 1.34. The Kier molecular flexibility index (Phi) is 6.90. The van der Waals surface area contributed by atoms with E-state index in [0.29, 0.717) is 29.0 Å². The maximum atomic E-state index is 13.3. The molecular formula is C26H22N2O3S. The highest BCUT2D eigenvalue weighted by molar-refractivity contribution is 8.18. The molecule has 0 N–H and O–H groups in total. The summed E-state index contributed by atoms with van der Waals surface area (Å²) in [6, 6.07) is 21.4. The Balaban J connectivity index is 1.78. The molecule has 1 heterocycles. The number of thioether (sulfide) groups is 1. The second-order valence-corrected chi connectivity index (χ2v) is 7.99. The monoisotopic (exact) mass is 442 g/mol. The zero-order valence-electron chi connectivity index (χ0n) is 17.7. The van der Waals surface area contributed by atoms with Crippen LogP contribution in [0.5, 0.6) is 5.75 Å². The molecule has 0 saturated carbocycles. The van der Waals surface area contributed by atoms with Crippen LogP contribution >= 0.6 is 11.8 Å². The number of rotatable bonds is 7. The first-order valence-corrected chi connectivity index (χ1v) is 10.9. The predicted octanol–water partition coefficient (Wildman–Crippen LogP) is 5.10. The molecule has 6 heteroatoms. The van der Waals surface area contributed by atoms with Crippen molar-refractivity contribution in [3.8, 4) is 18.1 Å². The Morgan fingerprint density at radius 1 is 1.09 bits per heavy atom. The molecule has 0 aromatic heterocycles. The Hall–Kier alpha value is -3.53. The van der Waals surface area contributed by atoms with Crippen LogP contribution in [-0.4, -0.2) is 42.8 Å². The number of ether oxygens (including phenoxy) is 2. The minimum atomic E-state index is -0.113. The molecule has 0 spiro atoms. The van der Waals surface area contributed by atoms with Crippen molar-refractivity contribution in [1.82, 2.24) is 4.90 Å². The van der Waals surface area contributed by atoms with Gasteiger partial charge in [-0.3, -0.25) is 9.69 Å². The second-order valence-electron chi connectivity index (χ2n) is 6.98. The van der Waals surface area contributed by atoms with Gasteiger partial charge in [0.05, 0.1) is 23.7 Å². The first kappa shape index (κ1) is 21.7. The van der Waals surface area contributed by atoms with Crippen molar-refractivity contribution >= 4 is 45.4 Å². The number of carbonyl (C=O) groups is 1. The highest BCUT2D eigenvalue weighted by Gasteiger charge is 2.33. The van der Waals surface area contributed by atoms with Gasteiger partial charge >= 0.3 is 0 Å². The van der Waals surface area contributed by atoms with Crippen molar-refractivity contribution in [2.75, 3.05) is 26.9 Å². The first-order valence-electron chi connectivity index (χ1n) is 10.1. The quantitative estimate of drug-likeness (QED) is 0.377. The van der Waals surface area contributed by atoms with Gasteiger partial charge in [0.25, 0.3) is 5.91 Å². The summed E-state index contributed by atoms with van der Waals surface area (Å²) in [7, 11) is 1.61. The third kappa shape index (κ3) is 4.70. The van der Waals surface area contributed by atoms with E-state index in [4.69, 9.17) is 20.9 Å². The fraction of sp³-hybridized carbons (Fsp3) is 0.154. The number of terminal acetylenes is 1. The van der Waals surface area contributed by atoms with Gasteiger partial charge in [-0.1, -0.05) is 54.5 Å². The normalized spacial score (nSPS) is 16.1. The SMILES string of the molecule is C#CCOc1ccc2ccccc2c1/C=C1\SC(=Nc2ccccc2)N(CCOC)C1=O. The summed E-state index contributed by atoms with van der Waals surface area (Å²) in [5.41, 5.74) is 1.61. The number of amides is 1. The van der Waals surface area contributed by atoms with E-state index in [0.717, 1.165) is 22.0 Å². The van der Waals surface area contributed by atoms with Crippen LogP contribution in [0.2, 0.25) is 0 Å².